The van der Waals surface area contributed by atoms with E-state index < -0.39 is 28.6 Å². The van der Waals surface area contributed by atoms with Gasteiger partial charge in [0.2, 0.25) is 5.91 Å². The largest absolute Gasteiger partial charge is 0.489 e. The zero-order valence-electron chi connectivity index (χ0n) is 18.7. The Kier molecular flexibility index (Phi) is 5.50. The molecular formula is C24H22ClF2N5O3. The van der Waals surface area contributed by atoms with Crippen LogP contribution >= 0.6 is 11.6 Å². The van der Waals surface area contributed by atoms with Gasteiger partial charge in [-0.25, -0.2) is 23.7 Å². The molecule has 3 aromatic rings. The molecule has 35 heavy (non-hydrogen) atoms. The lowest BCUT2D eigenvalue weighted by atomic mass is 9.81. The maximum absolute atomic E-state index is 14.9. The number of hydrogen-bond donors (Lipinski definition) is 3. The number of aliphatic hydroxyl groups is 1. The van der Waals surface area contributed by atoms with Crippen LogP contribution in [0.2, 0.25) is 5.02 Å². The fourth-order valence-electron chi connectivity index (χ4n) is 4.16. The van der Waals surface area contributed by atoms with Crippen LogP contribution in [-0.4, -0.2) is 39.1 Å². The van der Waals surface area contributed by atoms with Gasteiger partial charge in [-0.3, -0.25) is 4.79 Å². The van der Waals surface area contributed by atoms with E-state index in [4.69, 9.17) is 27.8 Å². The van der Waals surface area contributed by atoms with Crippen molar-refractivity contribution in [2.75, 3.05) is 13.2 Å². The van der Waals surface area contributed by atoms with Crippen LogP contribution in [0.3, 0.4) is 0 Å². The van der Waals surface area contributed by atoms with Crippen LogP contribution in [0, 0.1) is 11.6 Å². The van der Waals surface area contributed by atoms with Gasteiger partial charge in [-0.1, -0.05) is 11.6 Å². The van der Waals surface area contributed by atoms with Crippen LogP contribution in [0.5, 0.6) is 5.75 Å². The van der Waals surface area contributed by atoms with E-state index in [0.29, 0.717) is 17.8 Å². The van der Waals surface area contributed by atoms with Crippen molar-refractivity contribution in [3.63, 3.8) is 0 Å². The minimum atomic E-state index is -1.90. The zero-order valence-corrected chi connectivity index (χ0v) is 19.4. The highest BCUT2D eigenvalue weighted by molar-refractivity contribution is 6.31. The first kappa shape index (κ1) is 23.5. The summed E-state index contributed by atoms with van der Waals surface area (Å²) < 4.78 is 34.5. The highest BCUT2D eigenvalue weighted by Gasteiger charge is 2.46. The lowest BCUT2D eigenvalue weighted by molar-refractivity contribution is -0.123. The van der Waals surface area contributed by atoms with Gasteiger partial charge < -0.3 is 21.3 Å². The molecule has 5 N–H and O–H groups in total. The maximum Gasteiger partial charge on any atom is 0.231 e. The van der Waals surface area contributed by atoms with Crippen molar-refractivity contribution in [2.45, 2.75) is 36.7 Å². The number of nitrogens with two attached hydrogens (primary N) is 2. The number of fused-ring (bicyclic) bond motifs is 1. The summed E-state index contributed by atoms with van der Waals surface area (Å²) in [5.41, 5.74) is 8.76. The van der Waals surface area contributed by atoms with Crippen molar-refractivity contribution in [2.24, 2.45) is 11.5 Å². The Morgan fingerprint density at radius 1 is 1.26 bits per heavy atom. The molecule has 1 aliphatic carbocycles. The Balaban J connectivity index is 1.74. The summed E-state index contributed by atoms with van der Waals surface area (Å²) in [5, 5.41) is 11.3. The number of pyridine rings is 1. The third kappa shape index (κ3) is 3.72. The molecule has 1 amide bonds. The van der Waals surface area contributed by atoms with Gasteiger partial charge in [-0.15, -0.1) is 0 Å². The Labute approximate surface area is 204 Å². The van der Waals surface area contributed by atoms with Crippen molar-refractivity contribution in [3.8, 4) is 17.0 Å². The molecule has 0 spiro atoms. The summed E-state index contributed by atoms with van der Waals surface area (Å²) in [6.45, 7) is 1.11. The van der Waals surface area contributed by atoms with Gasteiger partial charge in [-0.2, -0.15) is 0 Å². The molecule has 1 aromatic carbocycles. The van der Waals surface area contributed by atoms with E-state index in [0.717, 1.165) is 18.9 Å². The van der Waals surface area contributed by atoms with Crippen molar-refractivity contribution >= 4 is 17.5 Å². The molecule has 11 heteroatoms. The lowest BCUT2D eigenvalue weighted by Crippen LogP contribution is -2.41. The Morgan fingerprint density at radius 2 is 1.94 bits per heavy atom. The molecule has 3 heterocycles. The minimum Gasteiger partial charge on any atom is -0.489 e. The number of amides is 1. The van der Waals surface area contributed by atoms with Gasteiger partial charge in [0.1, 0.15) is 46.5 Å². The van der Waals surface area contributed by atoms with E-state index in [9.17, 15) is 18.7 Å². The molecule has 2 aliphatic rings. The molecule has 0 unspecified atom stereocenters. The van der Waals surface area contributed by atoms with Gasteiger partial charge in [-0.05, 0) is 31.9 Å². The van der Waals surface area contributed by atoms with Crippen molar-refractivity contribution in [1.82, 2.24) is 15.0 Å². The summed E-state index contributed by atoms with van der Waals surface area (Å²) in [4.78, 5) is 25.6. The second-order valence-corrected chi connectivity index (χ2v) is 9.54. The number of aromatic nitrogens is 3. The standard InChI is InChI=1S/C24H22ClF2N5O3/c1-23(22(29)33)10-35-20-14(23)5-18(32-19(20)13-4-15(25)17(27)6-16(13)26)24(34,9-28)12-7-30-21(31-8-12)11-2-3-11/h4-8,11,34H,2-3,9-10,28H2,1H3,(H2,29,33)/t23-,24+/m0/s1. The molecular weight excluding hydrogens is 480 g/mol. The summed E-state index contributed by atoms with van der Waals surface area (Å²) in [5.74, 6) is -1.53. The molecule has 8 nitrogen and oxygen atoms in total. The predicted octanol–water partition coefficient (Wildman–Crippen LogP) is 2.68. The van der Waals surface area contributed by atoms with Gasteiger partial charge in [0.15, 0.2) is 0 Å². The number of carbonyl (C=O) groups is 1. The highest BCUT2D eigenvalue weighted by atomic mass is 35.5. The number of ether oxygens (including phenoxy) is 1. The van der Waals surface area contributed by atoms with E-state index in [1.165, 1.54) is 18.5 Å². The number of rotatable bonds is 6. The first-order chi connectivity index (χ1) is 16.6. The molecule has 1 aliphatic heterocycles. The number of carbonyl (C=O) groups excluding carboxylic acids is 1. The lowest BCUT2D eigenvalue weighted by Gasteiger charge is -2.28. The second-order valence-electron chi connectivity index (χ2n) is 9.13. The summed E-state index contributed by atoms with van der Waals surface area (Å²) in [6.07, 6.45) is 4.96. The Hall–Kier alpha value is -3.21. The van der Waals surface area contributed by atoms with E-state index in [1.807, 2.05) is 0 Å². The van der Waals surface area contributed by atoms with Gasteiger partial charge in [0.05, 0.1) is 10.7 Å². The summed E-state index contributed by atoms with van der Waals surface area (Å²) >= 11 is 5.92. The first-order valence-electron chi connectivity index (χ1n) is 11.0. The van der Waals surface area contributed by atoms with Crippen LogP contribution in [0.1, 0.15) is 48.3 Å². The summed E-state index contributed by atoms with van der Waals surface area (Å²) in [6, 6.07) is 3.15. The molecule has 2 aromatic heterocycles. The Bertz CT molecular complexity index is 1350. The molecule has 1 saturated carbocycles. The number of primary amides is 1. The molecule has 5 rings (SSSR count). The van der Waals surface area contributed by atoms with Gasteiger partial charge in [0.25, 0.3) is 0 Å². The van der Waals surface area contributed by atoms with Crippen molar-refractivity contribution in [1.29, 1.82) is 0 Å². The molecule has 2 atom stereocenters. The average molecular weight is 502 g/mol. The zero-order chi connectivity index (χ0) is 25.1. The SMILES string of the molecule is C[C@]1(C(N)=O)COc2c1cc([C@@](O)(CN)c1cnc(C3CC3)nc1)nc2-c1cc(Cl)c(F)cc1F. The second kappa shape index (κ2) is 8.18. The first-order valence-corrected chi connectivity index (χ1v) is 11.3. The normalized spacial score (nSPS) is 20.7. The van der Waals surface area contributed by atoms with Crippen LogP contribution in [0.15, 0.2) is 30.6 Å². The Morgan fingerprint density at radius 3 is 2.54 bits per heavy atom. The molecule has 1 fully saturated rings. The molecule has 182 valence electrons. The monoisotopic (exact) mass is 501 g/mol. The quantitative estimate of drug-likeness (QED) is 0.441. The number of hydrogen-bond acceptors (Lipinski definition) is 7. The maximum atomic E-state index is 14.9. The van der Waals surface area contributed by atoms with Gasteiger partial charge >= 0.3 is 0 Å². The fraction of sp³-hybridized carbons (Fsp3) is 0.333. The smallest absolute Gasteiger partial charge is 0.231 e. The molecule has 0 bridgehead atoms. The van der Waals surface area contributed by atoms with E-state index in [1.54, 1.807) is 6.92 Å². The number of halogens is 3. The van der Waals surface area contributed by atoms with Crippen LogP contribution in [-0.2, 0) is 15.8 Å². The third-order valence-corrected chi connectivity index (χ3v) is 6.98. The fourth-order valence-corrected chi connectivity index (χ4v) is 4.32. The topological polar surface area (TPSA) is 137 Å². The summed E-state index contributed by atoms with van der Waals surface area (Å²) in [7, 11) is 0. The minimum absolute atomic E-state index is 0.00524. The third-order valence-electron chi connectivity index (χ3n) is 6.69. The van der Waals surface area contributed by atoms with E-state index in [-0.39, 0.29) is 52.0 Å². The average Bonchev–Trinajstić information content (AvgIpc) is 3.64. The number of benzene rings is 1. The van der Waals surface area contributed by atoms with Crippen LogP contribution in [0.4, 0.5) is 8.78 Å². The van der Waals surface area contributed by atoms with Crippen LogP contribution in [0.25, 0.3) is 11.3 Å². The van der Waals surface area contributed by atoms with Crippen molar-refractivity contribution in [3.05, 3.63) is 69.9 Å². The van der Waals surface area contributed by atoms with Crippen molar-refractivity contribution < 1.29 is 23.4 Å². The molecule has 0 saturated heterocycles. The van der Waals surface area contributed by atoms with Crippen LogP contribution < -0.4 is 16.2 Å². The number of nitrogens with zero attached hydrogens (tertiary/aromatic N) is 3. The highest BCUT2D eigenvalue weighted by Crippen LogP contribution is 2.47. The van der Waals surface area contributed by atoms with E-state index >= 15 is 0 Å². The molecule has 0 radical (unpaired) electrons. The van der Waals surface area contributed by atoms with E-state index in [2.05, 4.69) is 15.0 Å². The van der Waals surface area contributed by atoms with Gasteiger partial charge in [0, 0.05) is 47.6 Å². The predicted molar refractivity (Wildman–Crippen MR) is 123 cm³/mol.